The third-order valence-corrected chi connectivity index (χ3v) is 5.25. The third kappa shape index (κ3) is 4.26. The van der Waals surface area contributed by atoms with E-state index in [2.05, 4.69) is 15.5 Å². The first kappa shape index (κ1) is 18.1. The summed E-state index contributed by atoms with van der Waals surface area (Å²) in [6, 6.07) is 13.2. The lowest BCUT2D eigenvalue weighted by Gasteiger charge is -2.13. The fourth-order valence-electron chi connectivity index (χ4n) is 2.75. The number of aromatic nitrogens is 2. The molecule has 0 aliphatic carbocycles. The summed E-state index contributed by atoms with van der Waals surface area (Å²) in [7, 11) is 0. The van der Waals surface area contributed by atoms with Gasteiger partial charge in [-0.1, -0.05) is 12.1 Å². The van der Waals surface area contributed by atoms with Crippen LogP contribution in [0.2, 0.25) is 0 Å². The van der Waals surface area contributed by atoms with E-state index < -0.39 is 0 Å². The van der Waals surface area contributed by atoms with Gasteiger partial charge >= 0.3 is 0 Å². The molecular formula is C20H21N3O2S. The predicted molar refractivity (Wildman–Crippen MR) is 104 cm³/mol. The van der Waals surface area contributed by atoms with Crippen LogP contribution in [0.4, 0.5) is 0 Å². The number of thiophene rings is 1. The molecule has 0 unspecified atom stereocenters. The molecule has 1 amide bonds. The fraction of sp³-hybridized carbons (Fsp3) is 0.250. The molecule has 0 bridgehead atoms. The number of ketones is 1. The average Bonchev–Trinajstić information content (AvgIpc) is 3.24. The van der Waals surface area contributed by atoms with Crippen LogP contribution >= 0.6 is 11.3 Å². The Morgan fingerprint density at radius 3 is 2.69 bits per heavy atom. The predicted octanol–water partition coefficient (Wildman–Crippen LogP) is 4.01. The number of Topliss-reactive ketones (excluding diaryl/α,β-unsaturated/α-hetero) is 1. The minimum atomic E-state index is -0.116. The maximum Gasteiger partial charge on any atom is 0.251 e. The molecule has 3 aromatic rings. The monoisotopic (exact) mass is 367 g/mol. The Bertz CT molecular complexity index is 942. The normalized spacial score (nSPS) is 12.0. The second-order valence-electron chi connectivity index (χ2n) is 6.42. The molecule has 5 nitrogen and oxygen atoms in total. The number of rotatable bonds is 6. The Balaban J connectivity index is 1.70. The maximum atomic E-state index is 12.6. The molecule has 1 atom stereocenters. The van der Waals surface area contributed by atoms with Crippen molar-refractivity contribution in [3.8, 4) is 10.4 Å². The molecule has 0 saturated heterocycles. The zero-order valence-corrected chi connectivity index (χ0v) is 15.8. The molecule has 2 heterocycles. The molecule has 0 fully saturated rings. The van der Waals surface area contributed by atoms with Gasteiger partial charge in [0.05, 0.1) is 10.6 Å². The summed E-state index contributed by atoms with van der Waals surface area (Å²) < 4.78 is 0. The van der Waals surface area contributed by atoms with Gasteiger partial charge in [0.25, 0.3) is 5.91 Å². The van der Waals surface area contributed by atoms with Crippen LogP contribution in [-0.4, -0.2) is 27.9 Å². The molecule has 0 spiro atoms. The molecule has 0 aliphatic heterocycles. The van der Waals surface area contributed by atoms with Crippen molar-refractivity contribution in [3.63, 3.8) is 0 Å². The van der Waals surface area contributed by atoms with Crippen molar-refractivity contribution >= 4 is 23.0 Å². The lowest BCUT2D eigenvalue weighted by molar-refractivity contribution is 0.0939. The highest BCUT2D eigenvalue weighted by Gasteiger charge is 2.13. The number of nitrogens with one attached hydrogen (secondary N) is 2. The van der Waals surface area contributed by atoms with Gasteiger partial charge in [0.1, 0.15) is 0 Å². The summed E-state index contributed by atoms with van der Waals surface area (Å²) >= 11 is 1.44. The number of hydrogen-bond donors (Lipinski definition) is 2. The Kier molecular flexibility index (Phi) is 5.32. The van der Waals surface area contributed by atoms with Crippen molar-refractivity contribution in [3.05, 3.63) is 64.3 Å². The Hall–Kier alpha value is -2.73. The number of carbonyl (C=O) groups is 2. The van der Waals surface area contributed by atoms with Crippen molar-refractivity contribution < 1.29 is 9.59 Å². The molecule has 2 N–H and O–H groups in total. The summed E-state index contributed by atoms with van der Waals surface area (Å²) in [6.07, 6.45) is 0.669. The van der Waals surface area contributed by atoms with E-state index >= 15 is 0 Å². The van der Waals surface area contributed by atoms with E-state index in [1.54, 1.807) is 13.0 Å². The topological polar surface area (TPSA) is 74.8 Å². The molecule has 134 valence electrons. The van der Waals surface area contributed by atoms with Crippen molar-refractivity contribution in [2.75, 3.05) is 0 Å². The first-order valence-corrected chi connectivity index (χ1v) is 9.27. The van der Waals surface area contributed by atoms with Crippen LogP contribution in [0.1, 0.15) is 45.3 Å². The molecule has 3 rings (SSSR count). The number of aryl methyl sites for hydroxylation is 1. The largest absolute Gasteiger partial charge is 0.349 e. The molecule has 6 heteroatoms. The summed E-state index contributed by atoms with van der Waals surface area (Å²) in [6.45, 7) is 5.47. The summed E-state index contributed by atoms with van der Waals surface area (Å²) in [5, 5.41) is 10.1. The number of carbonyl (C=O) groups excluding carboxylic acids is 2. The van der Waals surface area contributed by atoms with Gasteiger partial charge < -0.3 is 5.32 Å². The minimum absolute atomic E-state index is 0.0279. The SMILES string of the molecule is CC(=O)c1ccc(-c2cccc(C(=O)N[C@H](C)Cc3cc(C)[nH]n3)c2)s1. The summed E-state index contributed by atoms with van der Waals surface area (Å²) in [4.78, 5) is 25.7. The number of benzene rings is 1. The van der Waals surface area contributed by atoms with E-state index in [1.165, 1.54) is 11.3 Å². The van der Waals surface area contributed by atoms with E-state index in [0.717, 1.165) is 26.7 Å². The number of aromatic amines is 1. The smallest absolute Gasteiger partial charge is 0.251 e. The zero-order chi connectivity index (χ0) is 18.7. The van der Waals surface area contributed by atoms with Crippen LogP contribution in [-0.2, 0) is 6.42 Å². The summed E-state index contributed by atoms with van der Waals surface area (Å²) in [5.74, 6) is -0.0625. The third-order valence-electron chi connectivity index (χ3n) is 4.01. The Labute approximate surface area is 156 Å². The molecule has 0 aliphatic rings. The average molecular weight is 367 g/mol. The number of nitrogens with zero attached hydrogens (tertiary/aromatic N) is 1. The van der Waals surface area contributed by atoms with Gasteiger partial charge in [-0.2, -0.15) is 5.10 Å². The first-order chi connectivity index (χ1) is 12.4. The minimum Gasteiger partial charge on any atom is -0.349 e. The van der Waals surface area contributed by atoms with Crippen LogP contribution in [0, 0.1) is 6.92 Å². The Morgan fingerprint density at radius 2 is 2.04 bits per heavy atom. The van der Waals surface area contributed by atoms with E-state index in [0.29, 0.717) is 12.0 Å². The number of H-pyrrole nitrogens is 1. The van der Waals surface area contributed by atoms with Crippen molar-refractivity contribution in [2.24, 2.45) is 0 Å². The summed E-state index contributed by atoms with van der Waals surface area (Å²) in [5.41, 5.74) is 3.47. The second-order valence-corrected chi connectivity index (χ2v) is 7.51. The molecular weight excluding hydrogens is 346 g/mol. The standard InChI is InChI=1S/C20H21N3O2S/c1-12(9-17-10-13(2)22-23-17)21-20(25)16-6-4-5-15(11-16)19-8-7-18(26-19)14(3)24/h4-8,10-12H,9H2,1-3H3,(H,21,25)(H,22,23)/t12-/m1/s1. The molecule has 0 radical (unpaired) electrons. The maximum absolute atomic E-state index is 12.6. The Morgan fingerprint density at radius 1 is 1.23 bits per heavy atom. The van der Waals surface area contributed by atoms with Gasteiger partial charge in [-0.05, 0) is 56.7 Å². The van der Waals surface area contributed by atoms with Crippen molar-refractivity contribution in [1.29, 1.82) is 0 Å². The highest BCUT2D eigenvalue weighted by atomic mass is 32.1. The van der Waals surface area contributed by atoms with Gasteiger partial charge in [0.2, 0.25) is 0 Å². The van der Waals surface area contributed by atoms with Gasteiger partial charge in [0.15, 0.2) is 5.78 Å². The fourth-order valence-corrected chi connectivity index (χ4v) is 3.64. The van der Waals surface area contributed by atoms with Crippen LogP contribution in [0.5, 0.6) is 0 Å². The van der Waals surface area contributed by atoms with Crippen LogP contribution in [0.25, 0.3) is 10.4 Å². The quantitative estimate of drug-likeness (QED) is 0.647. The van der Waals surface area contributed by atoms with E-state index in [9.17, 15) is 9.59 Å². The van der Waals surface area contributed by atoms with Crippen LogP contribution in [0.3, 0.4) is 0 Å². The second kappa shape index (κ2) is 7.66. The van der Waals surface area contributed by atoms with Crippen molar-refractivity contribution in [1.82, 2.24) is 15.5 Å². The number of hydrogen-bond acceptors (Lipinski definition) is 4. The zero-order valence-electron chi connectivity index (χ0n) is 15.0. The van der Waals surface area contributed by atoms with Gasteiger partial charge in [-0.15, -0.1) is 11.3 Å². The van der Waals surface area contributed by atoms with E-state index in [-0.39, 0.29) is 17.7 Å². The highest BCUT2D eigenvalue weighted by Crippen LogP contribution is 2.29. The first-order valence-electron chi connectivity index (χ1n) is 8.45. The van der Waals surface area contributed by atoms with Gasteiger partial charge in [-0.25, -0.2) is 0 Å². The lowest BCUT2D eigenvalue weighted by atomic mass is 10.1. The van der Waals surface area contributed by atoms with E-state index in [4.69, 9.17) is 0 Å². The highest BCUT2D eigenvalue weighted by molar-refractivity contribution is 7.17. The van der Waals surface area contributed by atoms with Crippen molar-refractivity contribution in [2.45, 2.75) is 33.2 Å². The lowest BCUT2D eigenvalue weighted by Crippen LogP contribution is -2.34. The van der Waals surface area contributed by atoms with Crippen LogP contribution < -0.4 is 5.32 Å². The molecule has 0 saturated carbocycles. The number of amides is 1. The van der Waals surface area contributed by atoms with Gasteiger partial charge in [0, 0.05) is 28.6 Å². The molecule has 1 aromatic carbocycles. The van der Waals surface area contributed by atoms with E-state index in [1.807, 2.05) is 50.2 Å². The molecule has 2 aromatic heterocycles. The van der Waals surface area contributed by atoms with Gasteiger partial charge in [-0.3, -0.25) is 14.7 Å². The molecule has 26 heavy (non-hydrogen) atoms. The van der Waals surface area contributed by atoms with Crippen LogP contribution in [0.15, 0.2) is 42.5 Å².